The molecule has 2 aliphatic rings. The van der Waals surface area contributed by atoms with E-state index in [1.165, 1.54) is 12.5 Å². The van der Waals surface area contributed by atoms with Crippen molar-refractivity contribution in [3.63, 3.8) is 0 Å². The quantitative estimate of drug-likeness (QED) is 0.191. The van der Waals surface area contributed by atoms with Crippen LogP contribution >= 0.6 is 0 Å². The van der Waals surface area contributed by atoms with Crippen LogP contribution in [0.3, 0.4) is 0 Å². The smallest absolute Gasteiger partial charge is 0.379 e. The van der Waals surface area contributed by atoms with Gasteiger partial charge in [0.15, 0.2) is 0 Å². The van der Waals surface area contributed by atoms with Crippen LogP contribution in [0.4, 0.5) is 24.5 Å². The molecule has 2 N–H and O–H groups in total. The van der Waals surface area contributed by atoms with Gasteiger partial charge in [0.05, 0.1) is 29.2 Å². The Hall–Kier alpha value is -4.48. The lowest BCUT2D eigenvalue weighted by Crippen LogP contribution is -2.29. The molecule has 2 aromatic heterocycles. The minimum atomic E-state index is -4.45. The van der Waals surface area contributed by atoms with Crippen LogP contribution in [0.2, 0.25) is 0 Å². The average Bonchev–Trinajstić information content (AvgIpc) is 3.33. The normalized spacial score (nSPS) is 16.3. The van der Waals surface area contributed by atoms with Gasteiger partial charge in [-0.3, -0.25) is 19.7 Å². The second kappa shape index (κ2) is 15.8. The maximum atomic E-state index is 13.2. The molecule has 2 aromatic carbocycles. The minimum absolute atomic E-state index is 0.0292. The first-order valence-electron chi connectivity index (χ1n) is 17.1. The monoisotopic (exact) mass is 671 g/mol. The maximum absolute atomic E-state index is 13.2. The molecule has 0 saturated carbocycles. The summed E-state index contributed by atoms with van der Waals surface area (Å²) in [6.07, 6.45) is 1.81. The van der Waals surface area contributed by atoms with Crippen LogP contribution in [0, 0.1) is 0 Å². The van der Waals surface area contributed by atoms with E-state index in [1.807, 2.05) is 6.07 Å². The number of nitrogens with zero attached hydrogens (tertiary/aromatic N) is 5. The SMILES string of the molecule is CN1CCCN(Cc2cccc(CNc3ccc(N4CCCCC4)cc3-c3cc(C(=O)NCc4cccc(C(F)(F)F)c4)ccn3)n2)CC1. The Balaban J connectivity index is 1.19. The van der Waals surface area contributed by atoms with Crippen molar-refractivity contribution in [2.45, 2.75) is 51.5 Å². The molecular weight excluding hydrogens is 627 g/mol. The van der Waals surface area contributed by atoms with E-state index < -0.39 is 11.7 Å². The second-order valence-electron chi connectivity index (χ2n) is 13.0. The number of carbonyl (C=O) groups excluding carboxylic acids is 1. The minimum Gasteiger partial charge on any atom is -0.379 e. The Morgan fingerprint density at radius 2 is 1.63 bits per heavy atom. The second-order valence-corrected chi connectivity index (χ2v) is 13.0. The third-order valence-corrected chi connectivity index (χ3v) is 9.25. The van der Waals surface area contributed by atoms with Crippen molar-refractivity contribution in [2.75, 3.05) is 56.5 Å². The summed E-state index contributed by atoms with van der Waals surface area (Å²) < 4.78 is 39.6. The van der Waals surface area contributed by atoms with Crippen molar-refractivity contribution in [3.8, 4) is 11.3 Å². The molecule has 1 amide bonds. The number of benzene rings is 2. The predicted molar refractivity (Wildman–Crippen MR) is 187 cm³/mol. The summed E-state index contributed by atoms with van der Waals surface area (Å²) in [5, 5.41) is 6.35. The predicted octanol–water partition coefficient (Wildman–Crippen LogP) is 6.83. The van der Waals surface area contributed by atoms with Crippen LogP contribution in [0.15, 0.2) is 79.0 Å². The first-order valence-corrected chi connectivity index (χ1v) is 17.1. The van der Waals surface area contributed by atoms with Crippen molar-refractivity contribution in [1.82, 2.24) is 25.1 Å². The molecule has 0 radical (unpaired) electrons. The highest BCUT2D eigenvalue weighted by Gasteiger charge is 2.30. The number of hydrogen-bond donors (Lipinski definition) is 2. The van der Waals surface area contributed by atoms with Crippen molar-refractivity contribution >= 4 is 17.3 Å². The molecule has 0 spiro atoms. The molecule has 49 heavy (non-hydrogen) atoms. The summed E-state index contributed by atoms with van der Waals surface area (Å²) in [6.45, 7) is 7.56. The number of rotatable bonds is 10. The third kappa shape index (κ3) is 9.36. The van der Waals surface area contributed by atoms with Gasteiger partial charge in [-0.1, -0.05) is 18.2 Å². The molecule has 2 fully saturated rings. The van der Waals surface area contributed by atoms with Crippen molar-refractivity contribution < 1.29 is 18.0 Å². The highest BCUT2D eigenvalue weighted by Crippen LogP contribution is 2.33. The highest BCUT2D eigenvalue weighted by atomic mass is 19.4. The maximum Gasteiger partial charge on any atom is 0.416 e. The number of pyridine rings is 2. The van der Waals surface area contributed by atoms with E-state index in [0.717, 1.165) is 106 Å². The molecule has 258 valence electrons. The Morgan fingerprint density at radius 1 is 0.816 bits per heavy atom. The molecule has 11 heteroatoms. The summed E-state index contributed by atoms with van der Waals surface area (Å²) in [6, 6.07) is 20.8. The number of carbonyl (C=O) groups is 1. The number of piperidine rings is 1. The zero-order chi connectivity index (χ0) is 34.2. The lowest BCUT2D eigenvalue weighted by atomic mass is 10.0. The molecule has 2 aliphatic heterocycles. The number of alkyl halides is 3. The van der Waals surface area contributed by atoms with E-state index >= 15 is 0 Å². The van der Waals surface area contributed by atoms with Gasteiger partial charge in [-0.15, -0.1) is 0 Å². The summed E-state index contributed by atoms with van der Waals surface area (Å²) >= 11 is 0. The van der Waals surface area contributed by atoms with Crippen LogP contribution in [-0.4, -0.2) is 72.0 Å². The number of nitrogens with one attached hydrogen (secondary N) is 2. The standard InChI is InChI=1S/C38H44F3N7O/c1-46-16-7-17-47(21-20-46)27-32-11-6-10-31(45-32)26-43-35-13-12-33(48-18-3-2-4-19-48)24-34(35)36-23-29(14-15-42-36)37(49)44-25-28-8-5-9-30(22-28)38(39,40)41/h5-6,8-15,22-24,43H,2-4,7,16-21,25-27H2,1H3,(H,44,49). The molecular formula is C38H44F3N7O. The molecule has 0 unspecified atom stereocenters. The average molecular weight is 672 g/mol. The Bertz CT molecular complexity index is 1720. The summed E-state index contributed by atoms with van der Waals surface area (Å²) in [5.74, 6) is -0.389. The number of likely N-dealkylation sites (N-methyl/N-ethyl adjacent to an activating group) is 1. The first kappa shape index (κ1) is 34.4. The zero-order valence-corrected chi connectivity index (χ0v) is 28.0. The van der Waals surface area contributed by atoms with Crippen LogP contribution in [0.25, 0.3) is 11.3 Å². The fourth-order valence-electron chi connectivity index (χ4n) is 6.50. The van der Waals surface area contributed by atoms with E-state index in [1.54, 1.807) is 24.4 Å². The summed E-state index contributed by atoms with van der Waals surface area (Å²) in [4.78, 5) is 30.1. The molecule has 6 rings (SSSR count). The van der Waals surface area contributed by atoms with Crippen molar-refractivity contribution in [2.24, 2.45) is 0 Å². The number of anilines is 2. The van der Waals surface area contributed by atoms with Crippen molar-refractivity contribution in [1.29, 1.82) is 0 Å². The molecule has 0 atom stereocenters. The van der Waals surface area contributed by atoms with Gasteiger partial charge in [-0.05, 0) is 106 Å². The van der Waals surface area contributed by atoms with Gasteiger partial charge in [0, 0.05) is 68.0 Å². The van der Waals surface area contributed by atoms with Gasteiger partial charge in [0.1, 0.15) is 0 Å². The topological polar surface area (TPSA) is 76.6 Å². The van der Waals surface area contributed by atoms with Gasteiger partial charge < -0.3 is 20.4 Å². The fraction of sp³-hybridized carbons (Fsp3) is 0.395. The lowest BCUT2D eigenvalue weighted by Gasteiger charge is -2.29. The van der Waals surface area contributed by atoms with Crippen LogP contribution in [0.5, 0.6) is 0 Å². The van der Waals surface area contributed by atoms with E-state index in [0.29, 0.717) is 23.4 Å². The van der Waals surface area contributed by atoms with Gasteiger partial charge in [0.2, 0.25) is 0 Å². The van der Waals surface area contributed by atoms with E-state index in [4.69, 9.17) is 4.98 Å². The Morgan fingerprint density at radius 3 is 2.47 bits per heavy atom. The highest BCUT2D eigenvalue weighted by molar-refractivity contribution is 5.95. The van der Waals surface area contributed by atoms with E-state index in [2.05, 4.69) is 67.7 Å². The van der Waals surface area contributed by atoms with Crippen molar-refractivity contribution in [3.05, 3.63) is 107 Å². The summed E-state index contributed by atoms with van der Waals surface area (Å²) in [7, 11) is 2.17. The third-order valence-electron chi connectivity index (χ3n) is 9.25. The van der Waals surface area contributed by atoms with Crippen LogP contribution in [0.1, 0.15) is 58.6 Å². The molecule has 4 heterocycles. The largest absolute Gasteiger partial charge is 0.416 e. The fourth-order valence-corrected chi connectivity index (χ4v) is 6.50. The zero-order valence-electron chi connectivity index (χ0n) is 28.0. The Kier molecular flexibility index (Phi) is 11.1. The molecule has 8 nitrogen and oxygen atoms in total. The number of amides is 1. The first-order chi connectivity index (χ1) is 23.7. The van der Waals surface area contributed by atoms with Crippen LogP contribution in [-0.2, 0) is 25.8 Å². The number of aromatic nitrogens is 2. The molecule has 4 aromatic rings. The molecule has 0 aliphatic carbocycles. The van der Waals surface area contributed by atoms with E-state index in [9.17, 15) is 18.0 Å². The summed E-state index contributed by atoms with van der Waals surface area (Å²) in [5.41, 5.74) is 5.45. The van der Waals surface area contributed by atoms with Crippen LogP contribution < -0.4 is 15.5 Å². The van der Waals surface area contributed by atoms with Gasteiger partial charge >= 0.3 is 6.18 Å². The van der Waals surface area contributed by atoms with Gasteiger partial charge in [-0.25, -0.2) is 0 Å². The van der Waals surface area contributed by atoms with E-state index in [-0.39, 0.29) is 12.5 Å². The van der Waals surface area contributed by atoms with Gasteiger partial charge in [0.25, 0.3) is 5.91 Å². The van der Waals surface area contributed by atoms with Gasteiger partial charge in [-0.2, -0.15) is 13.2 Å². The number of halogens is 3. The Labute approximate surface area is 286 Å². The molecule has 2 saturated heterocycles. The lowest BCUT2D eigenvalue weighted by molar-refractivity contribution is -0.137. The number of hydrogen-bond acceptors (Lipinski definition) is 7. The molecule has 0 bridgehead atoms.